The highest BCUT2D eigenvalue weighted by molar-refractivity contribution is 5.92. The number of anilines is 1. The van der Waals surface area contributed by atoms with Crippen molar-refractivity contribution < 1.29 is 9.52 Å². The van der Waals surface area contributed by atoms with Crippen LogP contribution in [0.5, 0.6) is 0 Å². The van der Waals surface area contributed by atoms with Crippen LogP contribution in [0.1, 0.15) is 40.0 Å². The zero-order valence-electron chi connectivity index (χ0n) is 11.8. The molecule has 1 aromatic rings. The zero-order valence-corrected chi connectivity index (χ0v) is 11.8. The van der Waals surface area contributed by atoms with E-state index in [1.165, 1.54) is 18.8 Å². The van der Waals surface area contributed by atoms with Crippen molar-refractivity contribution >= 4 is 11.6 Å². The molecule has 1 amide bonds. The number of rotatable bonds is 2. The van der Waals surface area contributed by atoms with Gasteiger partial charge in [-0.05, 0) is 36.7 Å². The number of aromatic nitrogens is 1. The number of nitrogens with one attached hydrogen (secondary N) is 1. The average Bonchev–Trinajstić information content (AvgIpc) is 2.26. The van der Waals surface area contributed by atoms with Crippen molar-refractivity contribution in [2.24, 2.45) is 17.3 Å². The Balaban J connectivity index is 2.03. The van der Waals surface area contributed by atoms with Crippen LogP contribution >= 0.6 is 0 Å². The normalized spacial score (nSPS) is 25.8. The van der Waals surface area contributed by atoms with Crippen molar-refractivity contribution in [2.45, 2.75) is 40.0 Å². The maximum atomic E-state index is 12.3. The number of carbonyl (C=O) groups is 1. The highest BCUT2D eigenvalue weighted by Crippen LogP contribution is 2.41. The van der Waals surface area contributed by atoms with Crippen molar-refractivity contribution in [3.63, 3.8) is 0 Å². The number of carbonyl (C=O) groups excluding carboxylic acids is 1. The first-order valence-corrected chi connectivity index (χ1v) is 6.85. The third-order valence-corrected chi connectivity index (χ3v) is 3.80. The number of pyridine rings is 1. The van der Waals surface area contributed by atoms with Crippen molar-refractivity contribution in [1.29, 1.82) is 0 Å². The quantitative estimate of drug-likeness (QED) is 0.658. The Bertz CT molecular complexity index is 471. The minimum atomic E-state index is 0.0332. The molecule has 0 radical (unpaired) electrons. The summed E-state index contributed by atoms with van der Waals surface area (Å²) in [5.41, 5.74) is 0.785. The summed E-state index contributed by atoms with van der Waals surface area (Å²) >= 11 is 0. The molecule has 1 heterocycles. The Hall–Kier alpha value is -1.58. The topological polar surface area (TPSA) is 56.0 Å². The molecule has 1 fully saturated rings. The fraction of sp³-hybridized carbons (Fsp3) is 0.600. The summed E-state index contributed by atoms with van der Waals surface area (Å²) in [4.78, 5) is 12.3. The van der Waals surface area contributed by atoms with Crippen LogP contribution in [0.3, 0.4) is 0 Å². The maximum absolute atomic E-state index is 12.3. The zero-order chi connectivity index (χ0) is 14.0. The van der Waals surface area contributed by atoms with Gasteiger partial charge in [-0.2, -0.15) is 4.73 Å². The van der Waals surface area contributed by atoms with E-state index < -0.39 is 0 Å². The van der Waals surface area contributed by atoms with Gasteiger partial charge in [0.2, 0.25) is 12.1 Å². The fourth-order valence-electron chi connectivity index (χ4n) is 3.32. The van der Waals surface area contributed by atoms with Crippen LogP contribution < -0.4 is 10.0 Å². The molecular weight excluding hydrogens is 240 g/mol. The molecule has 0 aliphatic heterocycles. The van der Waals surface area contributed by atoms with Gasteiger partial charge in [-0.3, -0.25) is 4.79 Å². The van der Waals surface area contributed by atoms with Crippen molar-refractivity contribution in [1.82, 2.24) is 0 Å². The van der Waals surface area contributed by atoms with Crippen LogP contribution in [0.2, 0.25) is 0 Å². The molecule has 2 unspecified atom stereocenters. The predicted octanol–water partition coefficient (Wildman–Crippen LogP) is 2.72. The molecule has 0 spiro atoms. The second-order valence-corrected chi connectivity index (χ2v) is 6.55. The van der Waals surface area contributed by atoms with Crippen LogP contribution in [0.4, 0.5) is 5.69 Å². The van der Waals surface area contributed by atoms with E-state index in [1.54, 1.807) is 12.1 Å². The molecule has 1 N–H and O–H groups in total. The largest absolute Gasteiger partial charge is 0.619 e. The molecule has 4 heteroatoms. The first-order chi connectivity index (χ1) is 8.85. The summed E-state index contributed by atoms with van der Waals surface area (Å²) in [6, 6.07) is 3.37. The molecule has 4 nitrogen and oxygen atoms in total. The lowest BCUT2D eigenvalue weighted by Gasteiger charge is -2.38. The maximum Gasteiger partial charge on any atom is 0.227 e. The molecule has 1 aliphatic carbocycles. The SMILES string of the molecule is CC1CC(C(=O)Nc2ccc[n+]([O-])c2)CC(C)(C)C1. The molecule has 19 heavy (non-hydrogen) atoms. The third-order valence-electron chi connectivity index (χ3n) is 3.80. The van der Waals surface area contributed by atoms with E-state index in [1.807, 2.05) is 0 Å². The van der Waals surface area contributed by atoms with Gasteiger partial charge in [0.05, 0.1) is 0 Å². The monoisotopic (exact) mass is 262 g/mol. The molecule has 1 aliphatic rings. The highest BCUT2D eigenvalue weighted by Gasteiger charge is 2.35. The van der Waals surface area contributed by atoms with Crippen molar-refractivity contribution in [2.75, 3.05) is 5.32 Å². The molecule has 2 rings (SSSR count). The van der Waals surface area contributed by atoms with Gasteiger partial charge in [0.1, 0.15) is 5.69 Å². The molecule has 0 saturated heterocycles. The van der Waals surface area contributed by atoms with E-state index >= 15 is 0 Å². The molecule has 0 bridgehead atoms. The predicted molar refractivity (Wildman–Crippen MR) is 74.3 cm³/mol. The smallest absolute Gasteiger partial charge is 0.227 e. The Morgan fingerprint density at radius 3 is 2.84 bits per heavy atom. The van der Waals surface area contributed by atoms with E-state index in [2.05, 4.69) is 26.1 Å². The average molecular weight is 262 g/mol. The fourth-order valence-corrected chi connectivity index (χ4v) is 3.32. The van der Waals surface area contributed by atoms with Gasteiger partial charge in [0, 0.05) is 12.0 Å². The standard InChI is InChI=1S/C15H22N2O2/c1-11-7-12(9-15(2,3)8-11)14(18)16-13-5-4-6-17(19)10-13/h4-6,10-12H,7-9H2,1-3H3,(H,16,18). The second kappa shape index (κ2) is 5.19. The summed E-state index contributed by atoms with van der Waals surface area (Å²) in [5, 5.41) is 14.0. The number of hydrogen-bond acceptors (Lipinski definition) is 2. The van der Waals surface area contributed by atoms with Gasteiger partial charge >= 0.3 is 0 Å². The number of nitrogens with zero attached hydrogens (tertiary/aromatic N) is 1. The van der Waals surface area contributed by atoms with Crippen LogP contribution in [0, 0.1) is 22.5 Å². The van der Waals surface area contributed by atoms with E-state index in [9.17, 15) is 10.0 Å². The molecule has 1 saturated carbocycles. The first-order valence-electron chi connectivity index (χ1n) is 6.85. The second-order valence-electron chi connectivity index (χ2n) is 6.55. The van der Waals surface area contributed by atoms with Crippen LogP contribution in [0.15, 0.2) is 24.5 Å². The molecule has 104 valence electrons. The lowest BCUT2D eigenvalue weighted by Crippen LogP contribution is -2.35. The first kappa shape index (κ1) is 13.8. The van der Waals surface area contributed by atoms with E-state index in [0.717, 1.165) is 12.8 Å². The Morgan fingerprint density at radius 1 is 1.47 bits per heavy atom. The lowest BCUT2D eigenvalue weighted by molar-refractivity contribution is -0.604. The highest BCUT2D eigenvalue weighted by atomic mass is 16.5. The van der Waals surface area contributed by atoms with Crippen molar-refractivity contribution in [3.8, 4) is 0 Å². The summed E-state index contributed by atoms with van der Waals surface area (Å²) in [5.74, 6) is 0.643. The van der Waals surface area contributed by atoms with Gasteiger partial charge in [0.25, 0.3) is 0 Å². The molecule has 1 aromatic heterocycles. The third kappa shape index (κ3) is 3.69. The van der Waals surface area contributed by atoms with E-state index in [-0.39, 0.29) is 17.2 Å². The Kier molecular flexibility index (Phi) is 3.78. The summed E-state index contributed by atoms with van der Waals surface area (Å²) in [6.45, 7) is 6.64. The van der Waals surface area contributed by atoms with Crippen LogP contribution in [0.25, 0.3) is 0 Å². The summed E-state index contributed by atoms with van der Waals surface area (Å²) in [6.07, 6.45) is 5.80. The molecule has 0 aromatic carbocycles. The minimum absolute atomic E-state index is 0.0332. The minimum Gasteiger partial charge on any atom is -0.619 e. The Labute approximate surface area is 114 Å². The lowest BCUT2D eigenvalue weighted by atomic mass is 9.68. The molecular formula is C15H22N2O2. The Morgan fingerprint density at radius 2 is 2.21 bits per heavy atom. The van der Waals surface area contributed by atoms with Crippen LogP contribution in [-0.4, -0.2) is 5.91 Å². The van der Waals surface area contributed by atoms with Crippen molar-refractivity contribution in [3.05, 3.63) is 29.7 Å². The number of amides is 1. The van der Waals surface area contributed by atoms with Gasteiger partial charge < -0.3 is 10.5 Å². The van der Waals surface area contributed by atoms with Gasteiger partial charge in [-0.1, -0.05) is 20.8 Å². The number of hydrogen-bond donors (Lipinski definition) is 1. The van der Waals surface area contributed by atoms with Gasteiger partial charge in [-0.25, -0.2) is 0 Å². The summed E-state index contributed by atoms with van der Waals surface area (Å²) in [7, 11) is 0. The summed E-state index contributed by atoms with van der Waals surface area (Å²) < 4.78 is 0.697. The van der Waals surface area contributed by atoms with Gasteiger partial charge in [-0.15, -0.1) is 0 Å². The van der Waals surface area contributed by atoms with Crippen LogP contribution in [-0.2, 0) is 4.79 Å². The van der Waals surface area contributed by atoms with E-state index in [4.69, 9.17) is 0 Å². The van der Waals surface area contributed by atoms with E-state index in [0.29, 0.717) is 16.3 Å². The molecule has 2 atom stereocenters. The van der Waals surface area contributed by atoms with Gasteiger partial charge in [0.15, 0.2) is 6.20 Å².